The van der Waals surface area contributed by atoms with Gasteiger partial charge < -0.3 is 9.64 Å². The Kier molecular flexibility index (Phi) is 6.00. The van der Waals surface area contributed by atoms with Gasteiger partial charge in [-0.25, -0.2) is 9.97 Å². The molecule has 4 rings (SSSR count). The Labute approximate surface area is 161 Å². The van der Waals surface area contributed by atoms with E-state index in [0.717, 1.165) is 90.7 Å². The molecule has 148 valence electrons. The van der Waals surface area contributed by atoms with Crippen molar-refractivity contribution in [1.82, 2.24) is 24.7 Å². The van der Waals surface area contributed by atoms with Crippen LogP contribution in [0, 0.1) is 0 Å². The summed E-state index contributed by atoms with van der Waals surface area (Å²) in [6.07, 6.45) is 5.15. The van der Waals surface area contributed by atoms with E-state index in [2.05, 4.69) is 9.80 Å². The lowest BCUT2D eigenvalue weighted by molar-refractivity contribution is -0.130. The van der Waals surface area contributed by atoms with Crippen molar-refractivity contribution in [3.8, 4) is 0 Å². The highest BCUT2D eigenvalue weighted by Crippen LogP contribution is 2.26. The minimum atomic E-state index is 0.161. The Morgan fingerprint density at radius 2 is 2.00 bits per heavy atom. The van der Waals surface area contributed by atoms with E-state index >= 15 is 0 Å². The van der Waals surface area contributed by atoms with E-state index in [0.29, 0.717) is 0 Å². The molecule has 1 atom stereocenters. The average molecular weight is 374 g/mol. The third-order valence-electron chi connectivity index (χ3n) is 6.10. The lowest BCUT2D eigenvalue weighted by Gasteiger charge is -2.33. The second-order valence-corrected chi connectivity index (χ2v) is 7.98. The van der Waals surface area contributed by atoms with Gasteiger partial charge in [0.1, 0.15) is 5.82 Å². The van der Waals surface area contributed by atoms with Gasteiger partial charge in [0.2, 0.25) is 5.91 Å². The largest absolute Gasteiger partial charge is 0.379 e. The van der Waals surface area contributed by atoms with E-state index in [1.165, 1.54) is 11.3 Å². The van der Waals surface area contributed by atoms with Crippen molar-refractivity contribution in [1.29, 1.82) is 0 Å². The Bertz CT molecular complexity index is 662. The van der Waals surface area contributed by atoms with Crippen LogP contribution in [0.3, 0.4) is 0 Å². The number of piperidine rings is 1. The minimum absolute atomic E-state index is 0.161. The van der Waals surface area contributed by atoms with Crippen molar-refractivity contribution in [3.63, 3.8) is 0 Å². The van der Waals surface area contributed by atoms with Crippen molar-refractivity contribution in [2.45, 2.75) is 38.6 Å². The molecule has 1 aromatic rings. The van der Waals surface area contributed by atoms with Gasteiger partial charge in [-0.05, 0) is 12.8 Å². The van der Waals surface area contributed by atoms with Gasteiger partial charge in [-0.1, -0.05) is 0 Å². The van der Waals surface area contributed by atoms with E-state index in [4.69, 9.17) is 14.7 Å². The molecule has 0 spiro atoms. The maximum absolute atomic E-state index is 11.7. The number of fused-ring (bicyclic) bond motifs is 1. The molecule has 2 saturated heterocycles. The fraction of sp³-hybridized carbons (Fsp3) is 0.750. The van der Waals surface area contributed by atoms with Gasteiger partial charge in [-0.3, -0.25) is 14.6 Å². The molecule has 1 amide bonds. The number of aromatic nitrogens is 2. The quantitative estimate of drug-likeness (QED) is 0.781. The number of morpholine rings is 1. The molecule has 0 saturated carbocycles. The van der Waals surface area contributed by atoms with Gasteiger partial charge in [0.15, 0.2) is 0 Å². The zero-order valence-electron chi connectivity index (χ0n) is 16.4. The van der Waals surface area contributed by atoms with Crippen molar-refractivity contribution >= 4 is 5.91 Å². The number of carbonyl (C=O) groups excluding carboxylic acids is 1. The average Bonchev–Trinajstić information content (AvgIpc) is 2.72. The molecule has 4 heterocycles. The minimum Gasteiger partial charge on any atom is -0.379 e. The summed E-state index contributed by atoms with van der Waals surface area (Å²) in [5, 5.41) is 0. The van der Waals surface area contributed by atoms with E-state index in [1.807, 2.05) is 11.1 Å². The highest BCUT2D eigenvalue weighted by Gasteiger charge is 2.26. The Morgan fingerprint density at radius 1 is 1.19 bits per heavy atom. The fourth-order valence-corrected chi connectivity index (χ4v) is 4.36. The van der Waals surface area contributed by atoms with E-state index in [-0.39, 0.29) is 11.8 Å². The zero-order chi connectivity index (χ0) is 18.6. The third kappa shape index (κ3) is 4.65. The van der Waals surface area contributed by atoms with Gasteiger partial charge in [-0.15, -0.1) is 0 Å². The molecule has 27 heavy (non-hydrogen) atoms. The number of likely N-dealkylation sites (tertiary alicyclic amines) is 1. The van der Waals surface area contributed by atoms with Crippen LogP contribution in [0.1, 0.15) is 42.8 Å². The summed E-state index contributed by atoms with van der Waals surface area (Å²) >= 11 is 0. The second kappa shape index (κ2) is 8.63. The molecule has 1 unspecified atom stereocenters. The van der Waals surface area contributed by atoms with E-state index in [1.54, 1.807) is 6.92 Å². The van der Waals surface area contributed by atoms with Crippen LogP contribution in [-0.2, 0) is 22.5 Å². The number of nitrogens with zero attached hydrogens (tertiary/aromatic N) is 5. The topological polar surface area (TPSA) is 61.8 Å². The van der Waals surface area contributed by atoms with Crippen LogP contribution in [0.15, 0.2) is 6.20 Å². The zero-order valence-corrected chi connectivity index (χ0v) is 16.4. The molecule has 0 bridgehead atoms. The van der Waals surface area contributed by atoms with Crippen molar-refractivity contribution in [2.24, 2.45) is 0 Å². The Balaban J connectivity index is 1.34. The molecule has 3 aliphatic rings. The SMILES string of the molecule is CC(=O)N1CCCC(c2ncc3c(n2)CCN(CCN2CCOCC2)C3)C1. The molecule has 0 N–H and O–H groups in total. The predicted octanol–water partition coefficient (Wildman–Crippen LogP) is 0.893. The van der Waals surface area contributed by atoms with Crippen LogP contribution in [0.2, 0.25) is 0 Å². The fourth-order valence-electron chi connectivity index (χ4n) is 4.36. The number of carbonyl (C=O) groups is 1. The number of hydrogen-bond acceptors (Lipinski definition) is 6. The van der Waals surface area contributed by atoms with Gasteiger partial charge in [0, 0.05) is 89.1 Å². The first-order valence-corrected chi connectivity index (χ1v) is 10.3. The summed E-state index contributed by atoms with van der Waals surface area (Å²) in [4.78, 5) is 28.2. The summed E-state index contributed by atoms with van der Waals surface area (Å²) < 4.78 is 5.43. The number of amides is 1. The first-order chi connectivity index (χ1) is 13.2. The normalized spacial score (nSPS) is 24.6. The second-order valence-electron chi connectivity index (χ2n) is 7.98. The summed E-state index contributed by atoms with van der Waals surface area (Å²) in [6, 6.07) is 0. The summed E-state index contributed by atoms with van der Waals surface area (Å²) in [5.74, 6) is 1.38. The molecule has 0 aromatic carbocycles. The molecule has 7 heteroatoms. The van der Waals surface area contributed by atoms with Crippen molar-refractivity contribution < 1.29 is 9.53 Å². The lowest BCUT2D eigenvalue weighted by Crippen LogP contribution is -2.42. The molecule has 0 aliphatic carbocycles. The van der Waals surface area contributed by atoms with Gasteiger partial charge in [0.25, 0.3) is 0 Å². The molecular formula is C20H31N5O2. The number of ether oxygens (including phenoxy) is 1. The first-order valence-electron chi connectivity index (χ1n) is 10.3. The molecule has 3 aliphatic heterocycles. The summed E-state index contributed by atoms with van der Waals surface area (Å²) in [7, 11) is 0. The van der Waals surface area contributed by atoms with Crippen molar-refractivity contribution in [3.05, 3.63) is 23.3 Å². The van der Waals surface area contributed by atoms with Gasteiger partial charge >= 0.3 is 0 Å². The molecular weight excluding hydrogens is 342 g/mol. The molecule has 0 radical (unpaired) electrons. The van der Waals surface area contributed by atoms with Crippen molar-refractivity contribution in [2.75, 3.05) is 59.0 Å². The lowest BCUT2D eigenvalue weighted by atomic mass is 9.96. The standard InChI is InChI=1S/C20H31N5O2/c1-16(26)25-5-2-3-17(15-25)20-21-13-18-14-24(6-4-19(18)22-20)8-7-23-9-11-27-12-10-23/h13,17H,2-12,14-15H2,1H3. The summed E-state index contributed by atoms with van der Waals surface area (Å²) in [6.45, 7) is 11.3. The third-order valence-corrected chi connectivity index (χ3v) is 6.10. The summed E-state index contributed by atoms with van der Waals surface area (Å²) in [5.41, 5.74) is 2.48. The monoisotopic (exact) mass is 373 g/mol. The van der Waals surface area contributed by atoms with Gasteiger partial charge in [-0.2, -0.15) is 0 Å². The van der Waals surface area contributed by atoms with Crippen LogP contribution in [0.25, 0.3) is 0 Å². The Morgan fingerprint density at radius 3 is 2.81 bits per heavy atom. The molecule has 2 fully saturated rings. The maximum Gasteiger partial charge on any atom is 0.219 e. The van der Waals surface area contributed by atoms with E-state index < -0.39 is 0 Å². The Hall–Kier alpha value is -1.57. The molecule has 1 aromatic heterocycles. The smallest absolute Gasteiger partial charge is 0.219 e. The highest BCUT2D eigenvalue weighted by molar-refractivity contribution is 5.73. The van der Waals surface area contributed by atoms with Crippen LogP contribution >= 0.6 is 0 Å². The van der Waals surface area contributed by atoms with Crippen LogP contribution in [0.4, 0.5) is 0 Å². The highest BCUT2D eigenvalue weighted by atomic mass is 16.5. The van der Waals surface area contributed by atoms with Gasteiger partial charge in [0.05, 0.1) is 13.2 Å². The van der Waals surface area contributed by atoms with Crippen LogP contribution < -0.4 is 0 Å². The number of hydrogen-bond donors (Lipinski definition) is 0. The van der Waals surface area contributed by atoms with Crippen LogP contribution in [-0.4, -0.2) is 89.6 Å². The van der Waals surface area contributed by atoms with Crippen LogP contribution in [0.5, 0.6) is 0 Å². The van der Waals surface area contributed by atoms with E-state index in [9.17, 15) is 4.79 Å². The number of rotatable bonds is 4. The first kappa shape index (κ1) is 18.8. The molecule has 7 nitrogen and oxygen atoms in total. The maximum atomic E-state index is 11.7. The predicted molar refractivity (Wildman–Crippen MR) is 103 cm³/mol.